The first-order valence-electron chi connectivity index (χ1n) is 5.16. The lowest BCUT2D eigenvalue weighted by Gasteiger charge is -2.30. The fourth-order valence-electron chi connectivity index (χ4n) is 1.96. The Bertz CT molecular complexity index is 282. The first-order chi connectivity index (χ1) is 7.22. The van der Waals surface area contributed by atoms with Gasteiger partial charge in [-0.2, -0.15) is 0 Å². The minimum Gasteiger partial charge on any atom is -0.465 e. The van der Waals surface area contributed by atoms with Crippen LogP contribution in [0.4, 0.5) is 0 Å². The number of carbonyl (C=O) groups is 2. The van der Waals surface area contributed by atoms with Crippen molar-refractivity contribution >= 4 is 11.9 Å². The minimum atomic E-state index is -0.436. The number of ether oxygens (including phenoxy) is 1. The third kappa shape index (κ3) is 1.95. The fourth-order valence-corrected chi connectivity index (χ4v) is 1.96. The molecule has 0 aromatic heterocycles. The number of hydrogen-bond donors (Lipinski definition) is 2. The first kappa shape index (κ1) is 10.4. The van der Waals surface area contributed by atoms with E-state index in [0.29, 0.717) is 26.2 Å². The van der Waals surface area contributed by atoms with Crippen molar-refractivity contribution < 1.29 is 14.3 Å². The summed E-state index contributed by atoms with van der Waals surface area (Å²) in [6.07, 6.45) is 0.249. The maximum absolute atomic E-state index is 11.5. The molecule has 0 spiro atoms. The number of rotatable bonds is 2. The van der Waals surface area contributed by atoms with Crippen LogP contribution in [-0.4, -0.2) is 48.8 Å². The van der Waals surface area contributed by atoms with Gasteiger partial charge in [-0.1, -0.05) is 0 Å². The Balaban J connectivity index is 2.02. The lowest BCUT2D eigenvalue weighted by Crippen LogP contribution is -2.57. The van der Waals surface area contributed by atoms with Crippen molar-refractivity contribution in [3.8, 4) is 0 Å². The highest BCUT2D eigenvalue weighted by molar-refractivity contribution is 5.81. The van der Waals surface area contributed by atoms with E-state index in [9.17, 15) is 9.59 Å². The van der Waals surface area contributed by atoms with E-state index in [0.717, 1.165) is 0 Å². The quantitative estimate of drug-likeness (QED) is 0.554. The van der Waals surface area contributed by atoms with Gasteiger partial charge in [0.25, 0.3) is 0 Å². The van der Waals surface area contributed by atoms with Gasteiger partial charge in [0, 0.05) is 13.0 Å². The highest BCUT2D eigenvalue weighted by atomic mass is 16.5. The van der Waals surface area contributed by atoms with Crippen molar-refractivity contribution in [3.05, 3.63) is 0 Å². The van der Waals surface area contributed by atoms with Crippen LogP contribution in [-0.2, 0) is 14.3 Å². The Labute approximate surface area is 87.9 Å². The summed E-state index contributed by atoms with van der Waals surface area (Å²) in [6.45, 7) is 3.44. The van der Waals surface area contributed by atoms with Crippen molar-refractivity contribution in [2.24, 2.45) is 0 Å². The van der Waals surface area contributed by atoms with Crippen LogP contribution < -0.4 is 10.6 Å². The molecule has 0 saturated carbocycles. The second kappa shape index (κ2) is 4.16. The van der Waals surface area contributed by atoms with Gasteiger partial charge in [0.2, 0.25) is 5.91 Å². The Morgan fingerprint density at radius 2 is 2.47 bits per heavy atom. The summed E-state index contributed by atoms with van der Waals surface area (Å²) in [5.41, 5.74) is 0. The van der Waals surface area contributed by atoms with Crippen LogP contribution in [0.25, 0.3) is 0 Å². The van der Waals surface area contributed by atoms with Crippen molar-refractivity contribution in [1.29, 1.82) is 0 Å². The van der Waals surface area contributed by atoms with Gasteiger partial charge >= 0.3 is 5.97 Å². The van der Waals surface area contributed by atoms with E-state index in [1.165, 1.54) is 0 Å². The molecular weight excluding hydrogens is 198 g/mol. The predicted octanol–water partition coefficient (Wildman–Crippen LogP) is -1.37. The predicted molar refractivity (Wildman–Crippen MR) is 51.7 cm³/mol. The summed E-state index contributed by atoms with van der Waals surface area (Å²) in [6, 6.07) is -0.436. The van der Waals surface area contributed by atoms with E-state index in [-0.39, 0.29) is 18.0 Å². The monoisotopic (exact) mass is 213 g/mol. The molecule has 6 nitrogen and oxygen atoms in total. The number of fused-ring (bicyclic) bond motifs is 1. The van der Waals surface area contributed by atoms with Crippen LogP contribution in [0.2, 0.25) is 0 Å². The summed E-state index contributed by atoms with van der Waals surface area (Å²) in [5.74, 6) is -0.304. The molecule has 0 bridgehead atoms. The largest absolute Gasteiger partial charge is 0.465 e. The van der Waals surface area contributed by atoms with Gasteiger partial charge in [-0.3, -0.25) is 19.8 Å². The van der Waals surface area contributed by atoms with Crippen LogP contribution >= 0.6 is 0 Å². The molecule has 2 unspecified atom stereocenters. The number of amides is 1. The van der Waals surface area contributed by atoms with Gasteiger partial charge in [0.05, 0.1) is 13.3 Å². The third-order valence-corrected chi connectivity index (χ3v) is 2.70. The Kier molecular flexibility index (Phi) is 2.88. The normalized spacial score (nSPS) is 30.9. The van der Waals surface area contributed by atoms with Crippen LogP contribution in [0, 0.1) is 0 Å². The van der Waals surface area contributed by atoms with E-state index >= 15 is 0 Å². The van der Waals surface area contributed by atoms with Crippen LogP contribution in [0.3, 0.4) is 0 Å². The summed E-state index contributed by atoms with van der Waals surface area (Å²) < 4.78 is 4.93. The molecule has 0 radical (unpaired) electrons. The Morgan fingerprint density at radius 3 is 3.20 bits per heavy atom. The molecule has 6 heteroatoms. The van der Waals surface area contributed by atoms with Gasteiger partial charge in [0.1, 0.15) is 12.2 Å². The van der Waals surface area contributed by atoms with Crippen molar-refractivity contribution in [2.45, 2.75) is 25.6 Å². The molecule has 2 heterocycles. The number of hydrogen-bond acceptors (Lipinski definition) is 5. The molecule has 15 heavy (non-hydrogen) atoms. The number of carbonyl (C=O) groups excluding carboxylic acids is 2. The summed E-state index contributed by atoms with van der Waals surface area (Å²) >= 11 is 0. The zero-order valence-electron chi connectivity index (χ0n) is 8.66. The topological polar surface area (TPSA) is 70.7 Å². The number of nitrogens with zero attached hydrogens (tertiary/aromatic N) is 1. The van der Waals surface area contributed by atoms with Crippen molar-refractivity contribution in [1.82, 2.24) is 15.5 Å². The van der Waals surface area contributed by atoms with E-state index in [1.807, 2.05) is 4.90 Å². The average Bonchev–Trinajstić information content (AvgIpc) is 2.60. The van der Waals surface area contributed by atoms with E-state index < -0.39 is 6.04 Å². The Hall–Kier alpha value is -1.14. The fraction of sp³-hybridized carbons (Fsp3) is 0.778. The molecule has 2 saturated heterocycles. The van der Waals surface area contributed by atoms with Gasteiger partial charge < -0.3 is 10.1 Å². The standard InChI is InChI=1S/C9H15N3O3/c1-2-15-9(14)7-8-11-6(13)3-4-12(8)5-10-7/h7-8,10H,2-5H2,1H3,(H,11,13). The van der Waals surface area contributed by atoms with Gasteiger partial charge in [-0.05, 0) is 6.92 Å². The Morgan fingerprint density at radius 1 is 1.67 bits per heavy atom. The highest BCUT2D eigenvalue weighted by Crippen LogP contribution is 2.14. The van der Waals surface area contributed by atoms with Gasteiger partial charge in [0.15, 0.2) is 0 Å². The van der Waals surface area contributed by atoms with Gasteiger partial charge in [-0.25, -0.2) is 0 Å². The lowest BCUT2D eigenvalue weighted by atomic mass is 10.2. The highest BCUT2D eigenvalue weighted by Gasteiger charge is 2.42. The molecule has 0 aromatic carbocycles. The summed E-state index contributed by atoms with van der Waals surface area (Å²) in [7, 11) is 0. The molecule has 0 aromatic rings. The van der Waals surface area contributed by atoms with Crippen LogP contribution in [0.1, 0.15) is 13.3 Å². The third-order valence-electron chi connectivity index (χ3n) is 2.70. The van der Waals surface area contributed by atoms with E-state index in [2.05, 4.69) is 10.6 Å². The van der Waals surface area contributed by atoms with Crippen molar-refractivity contribution in [2.75, 3.05) is 19.8 Å². The number of esters is 1. The molecule has 2 atom stereocenters. The molecular formula is C9H15N3O3. The maximum atomic E-state index is 11.5. The number of nitrogens with one attached hydrogen (secondary N) is 2. The zero-order valence-corrected chi connectivity index (χ0v) is 8.66. The molecule has 2 N–H and O–H groups in total. The molecule has 0 aliphatic carbocycles. The maximum Gasteiger partial charge on any atom is 0.326 e. The smallest absolute Gasteiger partial charge is 0.326 e. The minimum absolute atomic E-state index is 0.00533. The lowest BCUT2D eigenvalue weighted by molar-refractivity contribution is -0.146. The zero-order chi connectivity index (χ0) is 10.8. The summed E-state index contributed by atoms with van der Waals surface area (Å²) in [4.78, 5) is 24.8. The average molecular weight is 213 g/mol. The van der Waals surface area contributed by atoms with Crippen LogP contribution in [0.15, 0.2) is 0 Å². The molecule has 2 aliphatic heterocycles. The second-order valence-corrected chi connectivity index (χ2v) is 3.67. The molecule has 2 rings (SSSR count). The second-order valence-electron chi connectivity index (χ2n) is 3.67. The van der Waals surface area contributed by atoms with Crippen molar-refractivity contribution in [3.63, 3.8) is 0 Å². The van der Waals surface area contributed by atoms with E-state index in [4.69, 9.17) is 4.74 Å². The molecule has 1 amide bonds. The van der Waals surface area contributed by atoms with E-state index in [1.54, 1.807) is 6.92 Å². The van der Waals surface area contributed by atoms with Crippen LogP contribution in [0.5, 0.6) is 0 Å². The summed E-state index contributed by atoms with van der Waals surface area (Å²) in [5, 5.41) is 5.83. The first-order valence-corrected chi connectivity index (χ1v) is 5.16. The molecule has 84 valence electrons. The van der Waals surface area contributed by atoms with Gasteiger partial charge in [-0.15, -0.1) is 0 Å². The molecule has 2 aliphatic rings. The molecule has 2 fully saturated rings. The SMILES string of the molecule is CCOC(=O)C1NCN2CCC(=O)NC12.